The number of esters is 1. The van der Waals surface area contributed by atoms with E-state index in [2.05, 4.69) is 4.98 Å². The molecule has 2 heterocycles. The maximum atomic E-state index is 12.0. The van der Waals surface area contributed by atoms with Gasteiger partial charge in [0.1, 0.15) is 15.3 Å². The Kier molecular flexibility index (Phi) is 2.87. The number of nitrogen functional groups attached to an aromatic ring is 1. The van der Waals surface area contributed by atoms with E-state index in [9.17, 15) is 4.79 Å². The summed E-state index contributed by atoms with van der Waals surface area (Å²) in [7, 11) is 0. The monoisotopic (exact) mass is 270 g/mol. The van der Waals surface area contributed by atoms with Crippen molar-refractivity contribution in [1.82, 2.24) is 4.98 Å². The molecular formula is C11H14N2O2S2. The van der Waals surface area contributed by atoms with Crippen LogP contribution in [-0.2, 0) is 4.74 Å². The molecule has 6 heteroatoms. The minimum atomic E-state index is -0.479. The zero-order valence-electron chi connectivity index (χ0n) is 10.2. The summed E-state index contributed by atoms with van der Waals surface area (Å²) in [5.74, 6) is -0.288. The highest BCUT2D eigenvalue weighted by Crippen LogP contribution is 2.36. The predicted octanol–water partition coefficient (Wildman–Crippen LogP) is 3.20. The Hall–Kier alpha value is -1.14. The smallest absolute Gasteiger partial charge is 0.349 e. The summed E-state index contributed by atoms with van der Waals surface area (Å²) < 4.78 is 6.33. The van der Waals surface area contributed by atoms with Crippen LogP contribution in [0.3, 0.4) is 0 Å². The summed E-state index contributed by atoms with van der Waals surface area (Å²) >= 11 is 2.74. The van der Waals surface area contributed by atoms with Crippen LogP contribution in [0.15, 0.2) is 0 Å². The molecule has 0 spiro atoms. The number of thiophene rings is 1. The maximum Gasteiger partial charge on any atom is 0.349 e. The molecule has 0 amide bonds. The van der Waals surface area contributed by atoms with Crippen molar-refractivity contribution < 1.29 is 9.53 Å². The lowest BCUT2D eigenvalue weighted by Crippen LogP contribution is -2.23. The van der Waals surface area contributed by atoms with Gasteiger partial charge in [-0.2, -0.15) is 0 Å². The summed E-state index contributed by atoms with van der Waals surface area (Å²) in [6, 6.07) is 0. The Labute approximate surface area is 107 Å². The minimum Gasteiger partial charge on any atom is -0.456 e. The van der Waals surface area contributed by atoms with Gasteiger partial charge in [-0.05, 0) is 33.3 Å². The number of hydrogen-bond donors (Lipinski definition) is 1. The van der Waals surface area contributed by atoms with Gasteiger partial charge >= 0.3 is 5.97 Å². The molecule has 17 heavy (non-hydrogen) atoms. The average molecular weight is 270 g/mol. The highest BCUT2D eigenvalue weighted by atomic mass is 32.1. The topological polar surface area (TPSA) is 65.2 Å². The molecule has 4 nitrogen and oxygen atoms in total. The molecule has 0 bridgehead atoms. The zero-order chi connectivity index (χ0) is 12.8. The van der Waals surface area contributed by atoms with Crippen molar-refractivity contribution in [3.63, 3.8) is 0 Å². The van der Waals surface area contributed by atoms with Crippen molar-refractivity contribution in [2.24, 2.45) is 0 Å². The normalized spacial score (nSPS) is 12.0. The first-order chi connectivity index (χ1) is 7.78. The van der Waals surface area contributed by atoms with Gasteiger partial charge in [-0.25, -0.2) is 9.78 Å². The number of carbonyl (C=O) groups excluding carboxylic acids is 1. The number of nitrogens with two attached hydrogens (primary N) is 1. The molecule has 0 fully saturated rings. The van der Waals surface area contributed by atoms with E-state index < -0.39 is 5.60 Å². The SMILES string of the molecule is Cc1c(C(=O)OC(C)(C)C)sc2nc(N)sc12. The summed E-state index contributed by atoms with van der Waals surface area (Å²) in [4.78, 5) is 17.6. The third-order valence-electron chi connectivity index (χ3n) is 2.08. The van der Waals surface area contributed by atoms with Crippen LogP contribution >= 0.6 is 22.7 Å². The lowest BCUT2D eigenvalue weighted by atomic mass is 10.2. The number of aryl methyl sites for hydroxylation is 1. The van der Waals surface area contributed by atoms with E-state index in [1.165, 1.54) is 22.7 Å². The quantitative estimate of drug-likeness (QED) is 0.808. The number of fused-ring (bicyclic) bond motifs is 1. The zero-order valence-corrected chi connectivity index (χ0v) is 11.8. The summed E-state index contributed by atoms with van der Waals surface area (Å²) in [6.45, 7) is 7.46. The van der Waals surface area contributed by atoms with Crippen LogP contribution in [-0.4, -0.2) is 16.6 Å². The van der Waals surface area contributed by atoms with E-state index in [-0.39, 0.29) is 5.97 Å². The third-order valence-corrected chi connectivity index (χ3v) is 4.38. The fourth-order valence-corrected chi connectivity index (χ4v) is 3.49. The van der Waals surface area contributed by atoms with Gasteiger partial charge in [-0.1, -0.05) is 11.3 Å². The van der Waals surface area contributed by atoms with Gasteiger partial charge in [-0.15, -0.1) is 11.3 Å². The maximum absolute atomic E-state index is 12.0. The van der Waals surface area contributed by atoms with E-state index in [4.69, 9.17) is 10.5 Å². The van der Waals surface area contributed by atoms with E-state index in [0.29, 0.717) is 10.0 Å². The number of hydrogen-bond acceptors (Lipinski definition) is 6. The molecule has 0 aliphatic carbocycles. The van der Waals surface area contributed by atoms with Crippen LogP contribution in [0.5, 0.6) is 0 Å². The number of nitrogens with zero attached hydrogens (tertiary/aromatic N) is 1. The van der Waals surface area contributed by atoms with Crippen LogP contribution < -0.4 is 5.73 Å². The van der Waals surface area contributed by atoms with E-state index in [1.54, 1.807) is 0 Å². The van der Waals surface area contributed by atoms with Crippen molar-refractivity contribution >= 4 is 43.3 Å². The van der Waals surface area contributed by atoms with E-state index in [1.807, 2.05) is 27.7 Å². The number of aromatic nitrogens is 1. The fourth-order valence-electron chi connectivity index (χ4n) is 1.42. The van der Waals surface area contributed by atoms with Crippen molar-refractivity contribution in [1.29, 1.82) is 0 Å². The largest absolute Gasteiger partial charge is 0.456 e. The van der Waals surface area contributed by atoms with Crippen LogP contribution in [0, 0.1) is 6.92 Å². The molecule has 0 aliphatic rings. The second kappa shape index (κ2) is 3.96. The Morgan fingerprint density at radius 1 is 1.35 bits per heavy atom. The van der Waals surface area contributed by atoms with Gasteiger partial charge in [-0.3, -0.25) is 0 Å². The predicted molar refractivity (Wildman–Crippen MR) is 71.8 cm³/mol. The molecule has 2 rings (SSSR count). The van der Waals surface area contributed by atoms with Gasteiger partial charge < -0.3 is 10.5 Å². The third kappa shape index (κ3) is 2.42. The molecule has 2 aromatic rings. The van der Waals surface area contributed by atoms with Crippen molar-refractivity contribution in [2.45, 2.75) is 33.3 Å². The highest BCUT2D eigenvalue weighted by Gasteiger charge is 2.23. The second-order valence-electron chi connectivity index (χ2n) is 4.74. The molecule has 0 aromatic carbocycles. The van der Waals surface area contributed by atoms with Gasteiger partial charge in [0.2, 0.25) is 0 Å². The lowest BCUT2D eigenvalue weighted by molar-refractivity contribution is 0.00747. The minimum absolute atomic E-state index is 0.288. The molecule has 0 atom stereocenters. The number of anilines is 1. The number of carbonyl (C=O) groups is 1. The lowest BCUT2D eigenvalue weighted by Gasteiger charge is -2.19. The first-order valence-corrected chi connectivity index (χ1v) is 6.80. The average Bonchev–Trinajstić information content (AvgIpc) is 2.63. The second-order valence-corrected chi connectivity index (χ2v) is 6.77. The Morgan fingerprint density at radius 3 is 2.53 bits per heavy atom. The van der Waals surface area contributed by atoms with Gasteiger partial charge in [0.05, 0.1) is 4.70 Å². The molecule has 92 valence electrons. The molecule has 0 aliphatic heterocycles. The van der Waals surface area contributed by atoms with Crippen LogP contribution in [0.4, 0.5) is 5.13 Å². The number of ether oxygens (including phenoxy) is 1. The molecule has 0 unspecified atom stereocenters. The highest BCUT2D eigenvalue weighted by molar-refractivity contribution is 7.30. The van der Waals surface area contributed by atoms with Gasteiger partial charge in [0.25, 0.3) is 0 Å². The molecule has 0 saturated heterocycles. The Balaban J connectivity index is 2.39. The molecule has 2 N–H and O–H groups in total. The van der Waals surface area contributed by atoms with Crippen LogP contribution in [0.1, 0.15) is 36.0 Å². The van der Waals surface area contributed by atoms with Gasteiger partial charge in [0, 0.05) is 0 Å². The Morgan fingerprint density at radius 2 is 2.00 bits per heavy atom. The fraction of sp³-hybridized carbons (Fsp3) is 0.455. The number of rotatable bonds is 1. The summed E-state index contributed by atoms with van der Waals surface area (Å²) in [5, 5.41) is 0.532. The standard InChI is InChI=1S/C11H14N2O2S2/c1-5-6-8(13-10(12)17-6)16-7(5)9(14)15-11(2,3)4/h1-4H3,(H2,12,13). The first kappa shape index (κ1) is 12.3. The van der Waals surface area contributed by atoms with E-state index in [0.717, 1.165) is 15.1 Å². The Bertz CT molecular complexity index is 578. The van der Waals surface area contributed by atoms with Crippen molar-refractivity contribution in [3.05, 3.63) is 10.4 Å². The van der Waals surface area contributed by atoms with Crippen LogP contribution in [0.2, 0.25) is 0 Å². The van der Waals surface area contributed by atoms with Crippen molar-refractivity contribution in [3.8, 4) is 0 Å². The van der Waals surface area contributed by atoms with Gasteiger partial charge in [0.15, 0.2) is 5.13 Å². The summed E-state index contributed by atoms with van der Waals surface area (Å²) in [6.07, 6.45) is 0. The summed E-state index contributed by atoms with van der Waals surface area (Å²) in [5.41, 5.74) is 6.06. The first-order valence-electron chi connectivity index (χ1n) is 5.16. The number of thiazole rings is 1. The molecular weight excluding hydrogens is 256 g/mol. The molecule has 0 radical (unpaired) electrons. The van der Waals surface area contributed by atoms with Crippen LogP contribution in [0.25, 0.3) is 9.53 Å². The molecule has 0 saturated carbocycles. The molecule has 2 aromatic heterocycles. The van der Waals surface area contributed by atoms with E-state index >= 15 is 0 Å². The van der Waals surface area contributed by atoms with Crippen molar-refractivity contribution in [2.75, 3.05) is 5.73 Å².